The highest BCUT2D eigenvalue weighted by Gasteiger charge is 2.09. The number of benzene rings is 1. The highest BCUT2D eigenvalue weighted by molar-refractivity contribution is 6.04. The van der Waals surface area contributed by atoms with E-state index in [-0.39, 0.29) is 11.8 Å². The maximum absolute atomic E-state index is 12.4. The number of pyridine rings is 1. The molecule has 0 spiro atoms. The Morgan fingerprint density at radius 1 is 1.04 bits per heavy atom. The zero-order valence-electron chi connectivity index (χ0n) is 12.9. The van der Waals surface area contributed by atoms with E-state index < -0.39 is 0 Å². The second-order valence-corrected chi connectivity index (χ2v) is 5.09. The normalized spacial score (nSPS) is 10.2. The molecule has 0 radical (unpaired) electrons. The molecule has 0 atom stereocenters. The standard InChI is InChI=1S/C17H15N5O2/c1-12(23)20-14-3-2-4-15(10-14)21-17(24)13-5-6-19-16(9-13)22-8-7-18-11-22/h2-11H,1H3,(H,20,23)(H,21,24). The zero-order chi connectivity index (χ0) is 16.9. The van der Waals surface area contributed by atoms with Crippen LogP contribution < -0.4 is 10.6 Å². The Balaban J connectivity index is 1.78. The minimum Gasteiger partial charge on any atom is -0.326 e. The van der Waals surface area contributed by atoms with E-state index in [1.54, 1.807) is 65.9 Å². The lowest BCUT2D eigenvalue weighted by atomic mass is 10.2. The van der Waals surface area contributed by atoms with Gasteiger partial charge >= 0.3 is 0 Å². The molecule has 0 unspecified atom stereocenters. The van der Waals surface area contributed by atoms with E-state index in [0.29, 0.717) is 22.8 Å². The van der Waals surface area contributed by atoms with Crippen molar-refractivity contribution in [3.63, 3.8) is 0 Å². The Bertz CT molecular complexity index is 874. The number of amides is 2. The van der Waals surface area contributed by atoms with Gasteiger partial charge in [-0.1, -0.05) is 6.07 Å². The third-order valence-corrected chi connectivity index (χ3v) is 3.22. The van der Waals surface area contributed by atoms with Gasteiger partial charge in [-0.15, -0.1) is 0 Å². The molecule has 3 rings (SSSR count). The summed E-state index contributed by atoms with van der Waals surface area (Å²) in [7, 11) is 0. The van der Waals surface area contributed by atoms with Crippen LogP contribution in [0.15, 0.2) is 61.3 Å². The van der Waals surface area contributed by atoms with Gasteiger partial charge in [0.1, 0.15) is 12.1 Å². The van der Waals surface area contributed by atoms with Crippen LogP contribution in [-0.2, 0) is 4.79 Å². The van der Waals surface area contributed by atoms with Gasteiger partial charge in [-0.3, -0.25) is 14.2 Å². The molecule has 2 aromatic heterocycles. The Morgan fingerprint density at radius 2 is 1.83 bits per heavy atom. The van der Waals surface area contributed by atoms with Crippen molar-refractivity contribution in [2.45, 2.75) is 6.92 Å². The Labute approximate surface area is 138 Å². The molecule has 7 nitrogen and oxygen atoms in total. The molecule has 120 valence electrons. The molecule has 0 aliphatic heterocycles. The summed E-state index contributed by atoms with van der Waals surface area (Å²) in [6.45, 7) is 1.43. The van der Waals surface area contributed by atoms with Crippen molar-refractivity contribution in [3.8, 4) is 5.82 Å². The van der Waals surface area contributed by atoms with Crippen molar-refractivity contribution in [2.75, 3.05) is 10.6 Å². The van der Waals surface area contributed by atoms with Crippen LogP contribution in [0.25, 0.3) is 5.82 Å². The number of rotatable bonds is 4. The number of hydrogen-bond acceptors (Lipinski definition) is 4. The van der Waals surface area contributed by atoms with Gasteiger partial charge in [-0.2, -0.15) is 0 Å². The Hall–Kier alpha value is -3.48. The van der Waals surface area contributed by atoms with Crippen LogP contribution in [0.1, 0.15) is 17.3 Å². The topological polar surface area (TPSA) is 88.9 Å². The number of imidazole rings is 1. The summed E-state index contributed by atoms with van der Waals surface area (Å²) in [5.74, 6) is 0.170. The summed E-state index contributed by atoms with van der Waals surface area (Å²) in [5.41, 5.74) is 1.68. The Morgan fingerprint density at radius 3 is 2.54 bits per heavy atom. The van der Waals surface area contributed by atoms with Gasteiger partial charge in [-0.25, -0.2) is 9.97 Å². The zero-order valence-corrected chi connectivity index (χ0v) is 12.9. The van der Waals surface area contributed by atoms with Crippen LogP contribution in [-0.4, -0.2) is 26.3 Å². The van der Waals surface area contributed by atoms with Crippen LogP contribution in [0.3, 0.4) is 0 Å². The third-order valence-electron chi connectivity index (χ3n) is 3.22. The molecule has 0 saturated carbocycles. The van der Waals surface area contributed by atoms with Crippen LogP contribution in [0.5, 0.6) is 0 Å². The summed E-state index contributed by atoms with van der Waals surface area (Å²) >= 11 is 0. The van der Waals surface area contributed by atoms with E-state index in [4.69, 9.17) is 0 Å². The molecule has 0 aliphatic carbocycles. The van der Waals surface area contributed by atoms with Crippen molar-refractivity contribution in [1.29, 1.82) is 0 Å². The van der Waals surface area contributed by atoms with Gasteiger partial charge in [0.2, 0.25) is 5.91 Å². The first-order chi connectivity index (χ1) is 11.6. The van der Waals surface area contributed by atoms with Crippen LogP contribution in [0.4, 0.5) is 11.4 Å². The first-order valence-electron chi connectivity index (χ1n) is 7.25. The molecular weight excluding hydrogens is 306 g/mol. The molecule has 2 amide bonds. The minimum absolute atomic E-state index is 0.169. The predicted octanol–water partition coefficient (Wildman–Crippen LogP) is 2.48. The van der Waals surface area contributed by atoms with Gasteiger partial charge in [0.15, 0.2) is 0 Å². The van der Waals surface area contributed by atoms with E-state index in [9.17, 15) is 9.59 Å². The minimum atomic E-state index is -0.265. The molecule has 1 aromatic carbocycles. The van der Waals surface area contributed by atoms with E-state index in [0.717, 1.165) is 0 Å². The molecule has 3 aromatic rings. The lowest BCUT2D eigenvalue weighted by molar-refractivity contribution is -0.114. The average molecular weight is 321 g/mol. The van der Waals surface area contributed by atoms with Crippen molar-refractivity contribution in [1.82, 2.24) is 14.5 Å². The fourth-order valence-corrected chi connectivity index (χ4v) is 2.18. The van der Waals surface area contributed by atoms with Crippen molar-refractivity contribution < 1.29 is 9.59 Å². The molecule has 2 heterocycles. The van der Waals surface area contributed by atoms with Gasteiger partial charge < -0.3 is 10.6 Å². The lowest BCUT2D eigenvalue weighted by Gasteiger charge is -2.09. The first kappa shape index (κ1) is 15.4. The molecule has 24 heavy (non-hydrogen) atoms. The fraction of sp³-hybridized carbons (Fsp3) is 0.0588. The van der Waals surface area contributed by atoms with Crippen molar-refractivity contribution >= 4 is 23.2 Å². The van der Waals surface area contributed by atoms with Crippen molar-refractivity contribution in [2.24, 2.45) is 0 Å². The molecular formula is C17H15N5O2. The highest BCUT2D eigenvalue weighted by Crippen LogP contribution is 2.16. The Kier molecular flexibility index (Phi) is 4.33. The number of hydrogen-bond donors (Lipinski definition) is 2. The first-order valence-corrected chi connectivity index (χ1v) is 7.25. The summed E-state index contributed by atoms with van der Waals surface area (Å²) < 4.78 is 1.72. The number of carbonyl (C=O) groups is 2. The summed E-state index contributed by atoms with van der Waals surface area (Å²) in [5, 5.41) is 5.48. The van der Waals surface area contributed by atoms with E-state index in [1.165, 1.54) is 6.92 Å². The molecule has 0 bridgehead atoms. The molecule has 0 saturated heterocycles. The van der Waals surface area contributed by atoms with Crippen LogP contribution >= 0.6 is 0 Å². The largest absolute Gasteiger partial charge is 0.326 e. The highest BCUT2D eigenvalue weighted by atomic mass is 16.2. The number of aromatic nitrogens is 3. The predicted molar refractivity (Wildman–Crippen MR) is 90.1 cm³/mol. The smallest absolute Gasteiger partial charge is 0.255 e. The second kappa shape index (κ2) is 6.74. The number of nitrogens with zero attached hydrogens (tertiary/aromatic N) is 3. The number of nitrogens with one attached hydrogen (secondary N) is 2. The number of anilines is 2. The number of carbonyl (C=O) groups excluding carboxylic acids is 2. The van der Waals surface area contributed by atoms with Gasteiger partial charge in [0.05, 0.1) is 0 Å². The monoisotopic (exact) mass is 321 g/mol. The van der Waals surface area contributed by atoms with E-state index >= 15 is 0 Å². The average Bonchev–Trinajstić information content (AvgIpc) is 3.09. The SMILES string of the molecule is CC(=O)Nc1cccc(NC(=O)c2ccnc(-n3ccnc3)c2)c1. The summed E-state index contributed by atoms with van der Waals surface area (Å²) in [4.78, 5) is 31.7. The van der Waals surface area contributed by atoms with Crippen LogP contribution in [0.2, 0.25) is 0 Å². The summed E-state index contributed by atoms with van der Waals surface area (Å²) in [6.07, 6.45) is 6.57. The van der Waals surface area contributed by atoms with E-state index in [2.05, 4.69) is 20.6 Å². The fourth-order valence-electron chi connectivity index (χ4n) is 2.18. The quantitative estimate of drug-likeness (QED) is 0.772. The third kappa shape index (κ3) is 3.64. The van der Waals surface area contributed by atoms with Gasteiger partial charge in [0, 0.05) is 42.5 Å². The van der Waals surface area contributed by atoms with Gasteiger partial charge in [0.25, 0.3) is 5.91 Å². The maximum Gasteiger partial charge on any atom is 0.255 e. The maximum atomic E-state index is 12.4. The van der Waals surface area contributed by atoms with E-state index in [1.807, 2.05) is 0 Å². The molecule has 2 N–H and O–H groups in total. The molecule has 0 aliphatic rings. The second-order valence-electron chi connectivity index (χ2n) is 5.09. The summed E-state index contributed by atoms with van der Waals surface area (Å²) in [6, 6.07) is 10.3. The van der Waals surface area contributed by atoms with Crippen LogP contribution in [0, 0.1) is 0 Å². The van der Waals surface area contributed by atoms with Gasteiger partial charge in [-0.05, 0) is 30.3 Å². The van der Waals surface area contributed by atoms with Crippen molar-refractivity contribution in [3.05, 3.63) is 66.9 Å². The molecule has 7 heteroatoms. The molecule has 0 fully saturated rings. The lowest BCUT2D eigenvalue weighted by Crippen LogP contribution is -2.13.